The second-order valence-corrected chi connectivity index (χ2v) is 5.05. The first-order valence-corrected chi connectivity index (χ1v) is 6.88. The molecule has 0 fully saturated rings. The molecule has 8 nitrogen and oxygen atoms in total. The molecule has 0 unspecified atom stereocenters. The number of H-pyrrole nitrogens is 1. The van der Waals surface area contributed by atoms with E-state index in [1.165, 1.54) is 10.5 Å². The Hall–Kier alpha value is -2.98. The minimum Gasteiger partial charge on any atom is -0.348 e. The van der Waals surface area contributed by atoms with Gasteiger partial charge in [-0.3, -0.25) is 14.3 Å². The molecule has 11 heteroatoms. The number of pyridine rings is 1. The summed E-state index contributed by atoms with van der Waals surface area (Å²) >= 11 is 0. The number of aromatic amines is 1. The fourth-order valence-electron chi connectivity index (χ4n) is 2.08. The molecule has 0 saturated carbocycles. The zero-order valence-corrected chi connectivity index (χ0v) is 12.4. The summed E-state index contributed by atoms with van der Waals surface area (Å²) in [6, 6.07) is 2.15. The maximum atomic E-state index is 12.8. The summed E-state index contributed by atoms with van der Waals surface area (Å²) in [5, 5.41) is 16.6. The third-order valence-corrected chi connectivity index (χ3v) is 3.21. The molecular weight excluding hydrogens is 327 g/mol. The molecule has 0 bridgehead atoms. The lowest BCUT2D eigenvalue weighted by Crippen LogP contribution is -2.26. The zero-order chi connectivity index (χ0) is 17.3. The standard InChI is InChI=1S/C13H12F3N7O/c1-7-18-9(20-19-7)4-12(24)17-5-11-22-21-10-3-2-8(6-23(10)11)13(14,15)16/h2-3,6H,4-5H2,1H3,(H,17,24)(H,18,19,20). The van der Waals surface area contributed by atoms with E-state index in [4.69, 9.17) is 0 Å². The van der Waals surface area contributed by atoms with Gasteiger partial charge in [-0.2, -0.15) is 18.3 Å². The van der Waals surface area contributed by atoms with Crippen molar-refractivity contribution in [2.75, 3.05) is 0 Å². The smallest absolute Gasteiger partial charge is 0.348 e. The number of halogens is 3. The number of alkyl halides is 3. The van der Waals surface area contributed by atoms with Gasteiger partial charge >= 0.3 is 6.18 Å². The number of nitrogens with zero attached hydrogens (tertiary/aromatic N) is 5. The third-order valence-electron chi connectivity index (χ3n) is 3.21. The lowest BCUT2D eigenvalue weighted by atomic mass is 10.3. The molecule has 3 aromatic rings. The number of carbonyl (C=O) groups excluding carboxylic acids is 1. The first kappa shape index (κ1) is 15.9. The van der Waals surface area contributed by atoms with Crippen molar-refractivity contribution in [3.05, 3.63) is 41.4 Å². The Morgan fingerprint density at radius 1 is 1.33 bits per heavy atom. The van der Waals surface area contributed by atoms with Gasteiger partial charge in [-0.25, -0.2) is 4.98 Å². The molecule has 0 atom stereocenters. The van der Waals surface area contributed by atoms with Crippen LogP contribution in [0.15, 0.2) is 18.3 Å². The van der Waals surface area contributed by atoms with E-state index in [-0.39, 0.29) is 30.3 Å². The highest BCUT2D eigenvalue weighted by atomic mass is 19.4. The van der Waals surface area contributed by atoms with Crippen LogP contribution in [0.3, 0.4) is 0 Å². The highest BCUT2D eigenvalue weighted by molar-refractivity contribution is 5.77. The first-order valence-electron chi connectivity index (χ1n) is 6.88. The van der Waals surface area contributed by atoms with Crippen LogP contribution in [0.5, 0.6) is 0 Å². The van der Waals surface area contributed by atoms with Crippen molar-refractivity contribution in [3.8, 4) is 0 Å². The van der Waals surface area contributed by atoms with E-state index in [2.05, 4.69) is 30.7 Å². The van der Waals surface area contributed by atoms with E-state index in [1.807, 2.05) is 0 Å². The fraction of sp³-hybridized carbons (Fsp3) is 0.308. The molecule has 3 rings (SSSR count). The molecule has 24 heavy (non-hydrogen) atoms. The predicted octanol–water partition coefficient (Wildman–Crippen LogP) is 1.03. The van der Waals surface area contributed by atoms with E-state index in [9.17, 15) is 18.0 Å². The Morgan fingerprint density at radius 2 is 2.12 bits per heavy atom. The average Bonchev–Trinajstić information content (AvgIpc) is 3.10. The van der Waals surface area contributed by atoms with Gasteiger partial charge in [0.05, 0.1) is 18.5 Å². The second kappa shape index (κ2) is 5.91. The minimum atomic E-state index is -4.47. The third kappa shape index (κ3) is 3.34. The molecule has 2 N–H and O–H groups in total. The van der Waals surface area contributed by atoms with Crippen molar-refractivity contribution in [2.45, 2.75) is 26.1 Å². The van der Waals surface area contributed by atoms with Crippen molar-refractivity contribution in [1.82, 2.24) is 35.1 Å². The number of hydrogen-bond donors (Lipinski definition) is 2. The van der Waals surface area contributed by atoms with Crippen LogP contribution in [0.25, 0.3) is 5.65 Å². The maximum Gasteiger partial charge on any atom is 0.417 e. The molecular formula is C13H12F3N7O. The number of fused-ring (bicyclic) bond motifs is 1. The van der Waals surface area contributed by atoms with Crippen LogP contribution in [-0.4, -0.2) is 35.7 Å². The summed E-state index contributed by atoms with van der Waals surface area (Å²) in [5.74, 6) is 0.727. The van der Waals surface area contributed by atoms with Gasteiger partial charge in [-0.1, -0.05) is 0 Å². The molecule has 0 aliphatic rings. The lowest BCUT2D eigenvalue weighted by Gasteiger charge is -2.07. The number of nitrogens with one attached hydrogen (secondary N) is 2. The van der Waals surface area contributed by atoms with Crippen LogP contribution >= 0.6 is 0 Å². The predicted molar refractivity (Wildman–Crippen MR) is 74.7 cm³/mol. The Balaban J connectivity index is 1.71. The first-order chi connectivity index (χ1) is 11.3. The highest BCUT2D eigenvalue weighted by Crippen LogP contribution is 2.29. The van der Waals surface area contributed by atoms with Crippen LogP contribution in [0.2, 0.25) is 0 Å². The van der Waals surface area contributed by atoms with Gasteiger partial charge in [0.2, 0.25) is 5.91 Å². The summed E-state index contributed by atoms with van der Waals surface area (Å²) < 4.78 is 39.5. The van der Waals surface area contributed by atoms with Gasteiger partial charge in [0.25, 0.3) is 0 Å². The molecule has 0 aromatic carbocycles. The Bertz CT molecular complexity index is 883. The summed E-state index contributed by atoms with van der Waals surface area (Å²) in [6.07, 6.45) is -3.62. The van der Waals surface area contributed by atoms with Crippen molar-refractivity contribution in [3.63, 3.8) is 0 Å². The van der Waals surface area contributed by atoms with Crippen LogP contribution in [-0.2, 0) is 23.9 Å². The van der Waals surface area contributed by atoms with Gasteiger partial charge in [0.15, 0.2) is 17.3 Å². The summed E-state index contributed by atoms with van der Waals surface area (Å²) in [6.45, 7) is 1.64. The largest absolute Gasteiger partial charge is 0.417 e. The van der Waals surface area contributed by atoms with E-state index in [0.717, 1.165) is 12.3 Å². The van der Waals surface area contributed by atoms with Gasteiger partial charge < -0.3 is 5.32 Å². The molecule has 0 spiro atoms. The van der Waals surface area contributed by atoms with Crippen LogP contribution in [0, 0.1) is 6.92 Å². The van der Waals surface area contributed by atoms with E-state index < -0.39 is 11.7 Å². The molecule has 3 heterocycles. The number of carbonyl (C=O) groups is 1. The Morgan fingerprint density at radius 3 is 2.79 bits per heavy atom. The van der Waals surface area contributed by atoms with E-state index in [1.54, 1.807) is 6.92 Å². The van der Waals surface area contributed by atoms with Crippen LogP contribution in [0.1, 0.15) is 23.0 Å². The van der Waals surface area contributed by atoms with Gasteiger partial charge in [0, 0.05) is 6.20 Å². The number of rotatable bonds is 4. The van der Waals surface area contributed by atoms with Crippen LogP contribution < -0.4 is 5.32 Å². The summed E-state index contributed by atoms with van der Waals surface area (Å²) in [7, 11) is 0. The minimum absolute atomic E-state index is 0.0467. The molecule has 1 amide bonds. The van der Waals surface area contributed by atoms with Crippen LogP contribution in [0.4, 0.5) is 13.2 Å². The van der Waals surface area contributed by atoms with Crippen molar-refractivity contribution in [1.29, 1.82) is 0 Å². The fourth-order valence-corrected chi connectivity index (χ4v) is 2.08. The topological polar surface area (TPSA) is 101 Å². The summed E-state index contributed by atoms with van der Waals surface area (Å²) in [5.41, 5.74) is -0.560. The Kier molecular flexibility index (Phi) is 3.91. The molecule has 3 aromatic heterocycles. The van der Waals surface area contributed by atoms with E-state index >= 15 is 0 Å². The van der Waals surface area contributed by atoms with Gasteiger partial charge in [0.1, 0.15) is 5.82 Å². The quantitative estimate of drug-likeness (QED) is 0.739. The van der Waals surface area contributed by atoms with Crippen molar-refractivity contribution in [2.24, 2.45) is 0 Å². The van der Waals surface area contributed by atoms with Crippen molar-refractivity contribution >= 4 is 11.6 Å². The normalized spacial score (nSPS) is 11.8. The SMILES string of the molecule is Cc1nc(CC(=O)NCc2nnc3ccc(C(F)(F)F)cn23)n[nH]1. The number of amides is 1. The molecule has 0 radical (unpaired) electrons. The maximum absolute atomic E-state index is 12.8. The molecule has 126 valence electrons. The molecule has 0 aliphatic heterocycles. The zero-order valence-electron chi connectivity index (χ0n) is 12.4. The number of aromatic nitrogens is 6. The average molecular weight is 339 g/mol. The highest BCUT2D eigenvalue weighted by Gasteiger charge is 2.31. The molecule has 0 aliphatic carbocycles. The van der Waals surface area contributed by atoms with Crippen molar-refractivity contribution < 1.29 is 18.0 Å². The van der Waals surface area contributed by atoms with Gasteiger partial charge in [-0.05, 0) is 19.1 Å². The van der Waals surface area contributed by atoms with Gasteiger partial charge in [-0.15, -0.1) is 10.2 Å². The molecule has 0 saturated heterocycles. The Labute approximate surface area is 133 Å². The lowest BCUT2D eigenvalue weighted by molar-refractivity contribution is -0.137. The summed E-state index contributed by atoms with van der Waals surface area (Å²) in [4.78, 5) is 15.8. The van der Waals surface area contributed by atoms with E-state index in [0.29, 0.717) is 11.6 Å². The number of hydrogen-bond acceptors (Lipinski definition) is 5. The monoisotopic (exact) mass is 339 g/mol. The number of aryl methyl sites for hydroxylation is 1. The second-order valence-electron chi connectivity index (χ2n) is 5.05.